The maximum absolute atomic E-state index is 13.2. The average molecular weight is 298 g/mol. The molecule has 0 aliphatic carbocycles. The molecule has 114 valence electrons. The second kappa shape index (κ2) is 5.54. The molecule has 3 rings (SSSR count). The fraction of sp³-hybridized carbons (Fsp3) is 0.278. The molecule has 0 bridgehead atoms. The molecular formula is C18H19FN2O. The van der Waals surface area contributed by atoms with Crippen molar-refractivity contribution in [1.82, 2.24) is 9.61 Å². The summed E-state index contributed by atoms with van der Waals surface area (Å²) in [7, 11) is 0. The number of aliphatic hydroxyl groups excluding tert-OH is 1. The minimum Gasteiger partial charge on any atom is -0.392 e. The van der Waals surface area contributed by atoms with Gasteiger partial charge in [0.1, 0.15) is 5.82 Å². The smallest absolute Gasteiger partial charge is 0.123 e. The molecule has 0 aliphatic heterocycles. The van der Waals surface area contributed by atoms with Crippen LogP contribution in [0.4, 0.5) is 4.39 Å². The van der Waals surface area contributed by atoms with Crippen LogP contribution in [0.2, 0.25) is 0 Å². The van der Waals surface area contributed by atoms with Crippen LogP contribution in [0.25, 0.3) is 16.6 Å². The Morgan fingerprint density at radius 3 is 2.41 bits per heavy atom. The van der Waals surface area contributed by atoms with Crippen molar-refractivity contribution in [2.75, 3.05) is 0 Å². The van der Waals surface area contributed by atoms with E-state index in [-0.39, 0.29) is 18.3 Å². The van der Waals surface area contributed by atoms with Crippen molar-refractivity contribution >= 4 is 5.52 Å². The number of nitrogens with zero attached hydrogens (tertiary/aromatic N) is 2. The number of aromatic nitrogens is 2. The molecule has 22 heavy (non-hydrogen) atoms. The van der Waals surface area contributed by atoms with Gasteiger partial charge in [0.05, 0.1) is 17.8 Å². The number of fused-ring (bicyclic) bond motifs is 1. The van der Waals surface area contributed by atoms with Gasteiger partial charge in [-0.2, -0.15) is 5.10 Å². The van der Waals surface area contributed by atoms with Gasteiger partial charge in [-0.15, -0.1) is 0 Å². The second-order valence-electron chi connectivity index (χ2n) is 5.83. The Morgan fingerprint density at radius 1 is 1.14 bits per heavy atom. The van der Waals surface area contributed by atoms with E-state index >= 15 is 0 Å². The minimum absolute atomic E-state index is 0.0893. The van der Waals surface area contributed by atoms with Crippen molar-refractivity contribution in [2.24, 2.45) is 0 Å². The molecule has 0 saturated heterocycles. The number of hydrogen-bond donors (Lipinski definition) is 1. The summed E-state index contributed by atoms with van der Waals surface area (Å²) in [4.78, 5) is 0. The molecule has 0 atom stereocenters. The van der Waals surface area contributed by atoms with Crippen LogP contribution in [0.1, 0.15) is 36.7 Å². The van der Waals surface area contributed by atoms with Crippen LogP contribution in [-0.4, -0.2) is 14.7 Å². The van der Waals surface area contributed by atoms with Gasteiger partial charge in [-0.1, -0.05) is 26.0 Å². The van der Waals surface area contributed by atoms with Crippen molar-refractivity contribution in [3.8, 4) is 11.1 Å². The number of aryl methyl sites for hydroxylation is 1. The second-order valence-corrected chi connectivity index (χ2v) is 5.83. The Hall–Kier alpha value is -2.20. The Morgan fingerprint density at radius 2 is 1.82 bits per heavy atom. The normalized spacial score (nSPS) is 11.5. The largest absolute Gasteiger partial charge is 0.392 e. The van der Waals surface area contributed by atoms with Gasteiger partial charge in [0.2, 0.25) is 0 Å². The van der Waals surface area contributed by atoms with Crippen LogP contribution in [0.15, 0.2) is 36.4 Å². The Bertz CT molecular complexity index is 819. The highest BCUT2D eigenvalue weighted by atomic mass is 19.1. The summed E-state index contributed by atoms with van der Waals surface area (Å²) < 4.78 is 15.1. The van der Waals surface area contributed by atoms with Crippen LogP contribution >= 0.6 is 0 Å². The van der Waals surface area contributed by atoms with Gasteiger partial charge < -0.3 is 5.11 Å². The highest BCUT2D eigenvalue weighted by molar-refractivity contribution is 5.83. The Labute approximate surface area is 129 Å². The first kappa shape index (κ1) is 14.7. The van der Waals surface area contributed by atoms with Gasteiger partial charge in [0, 0.05) is 16.8 Å². The minimum atomic E-state index is -0.268. The summed E-state index contributed by atoms with van der Waals surface area (Å²) in [6.45, 7) is 6.02. The summed E-state index contributed by atoms with van der Waals surface area (Å²) in [6, 6.07) is 10.4. The first-order valence-electron chi connectivity index (χ1n) is 7.41. The number of hydrogen-bond acceptors (Lipinski definition) is 2. The molecule has 1 N–H and O–H groups in total. The Kier molecular flexibility index (Phi) is 3.71. The topological polar surface area (TPSA) is 37.5 Å². The molecule has 0 aliphatic rings. The van der Waals surface area contributed by atoms with Gasteiger partial charge in [0.15, 0.2) is 0 Å². The number of halogens is 1. The zero-order chi connectivity index (χ0) is 15.9. The van der Waals surface area contributed by atoms with E-state index in [1.165, 1.54) is 12.1 Å². The lowest BCUT2D eigenvalue weighted by Crippen LogP contribution is -2.09. The van der Waals surface area contributed by atoms with E-state index in [0.717, 1.165) is 33.6 Å². The zero-order valence-electron chi connectivity index (χ0n) is 13.0. The van der Waals surface area contributed by atoms with E-state index < -0.39 is 0 Å². The van der Waals surface area contributed by atoms with Crippen molar-refractivity contribution < 1.29 is 9.50 Å². The van der Waals surface area contributed by atoms with Crippen molar-refractivity contribution in [3.05, 3.63) is 59.2 Å². The molecule has 0 radical (unpaired) electrons. The highest BCUT2D eigenvalue weighted by Gasteiger charge is 2.19. The maximum Gasteiger partial charge on any atom is 0.123 e. The van der Waals surface area contributed by atoms with Gasteiger partial charge in [0.25, 0.3) is 0 Å². The predicted octanol–water partition coefficient (Wildman–Crippen LogP) is 4.06. The molecule has 2 aromatic heterocycles. The van der Waals surface area contributed by atoms with E-state index in [1.807, 2.05) is 23.6 Å². The Balaban J connectivity index is 2.41. The first-order chi connectivity index (χ1) is 10.5. The lowest BCUT2D eigenvalue weighted by molar-refractivity contribution is 0.279. The molecule has 0 saturated carbocycles. The average Bonchev–Trinajstić information content (AvgIpc) is 2.87. The summed E-state index contributed by atoms with van der Waals surface area (Å²) in [5, 5.41) is 14.6. The molecular weight excluding hydrogens is 279 g/mol. The number of rotatable bonds is 3. The molecule has 0 spiro atoms. The third-order valence-electron chi connectivity index (χ3n) is 3.96. The molecule has 3 aromatic rings. The van der Waals surface area contributed by atoms with E-state index in [2.05, 4.69) is 13.8 Å². The van der Waals surface area contributed by atoms with E-state index in [4.69, 9.17) is 5.10 Å². The summed E-state index contributed by atoms with van der Waals surface area (Å²) >= 11 is 0. The lowest BCUT2D eigenvalue weighted by atomic mass is 9.95. The molecule has 0 amide bonds. The fourth-order valence-corrected chi connectivity index (χ4v) is 2.87. The van der Waals surface area contributed by atoms with Gasteiger partial charge in [-0.3, -0.25) is 0 Å². The van der Waals surface area contributed by atoms with E-state index in [9.17, 15) is 9.50 Å². The van der Waals surface area contributed by atoms with Crippen LogP contribution in [0, 0.1) is 12.7 Å². The summed E-state index contributed by atoms with van der Waals surface area (Å²) in [6.07, 6.45) is 0. The molecule has 0 fully saturated rings. The molecule has 2 heterocycles. The van der Waals surface area contributed by atoms with Crippen LogP contribution in [0.3, 0.4) is 0 Å². The zero-order valence-corrected chi connectivity index (χ0v) is 13.0. The maximum atomic E-state index is 13.2. The SMILES string of the molecule is Cc1ccc2c(-c3ccc(F)cc3)c(CO)c(C(C)C)nn12. The van der Waals surface area contributed by atoms with Crippen LogP contribution in [0.5, 0.6) is 0 Å². The summed E-state index contributed by atoms with van der Waals surface area (Å²) in [5.41, 5.74) is 5.45. The van der Waals surface area contributed by atoms with E-state index in [0.29, 0.717) is 0 Å². The highest BCUT2D eigenvalue weighted by Crippen LogP contribution is 2.33. The van der Waals surface area contributed by atoms with Crippen molar-refractivity contribution in [3.63, 3.8) is 0 Å². The quantitative estimate of drug-likeness (QED) is 0.791. The van der Waals surface area contributed by atoms with Crippen molar-refractivity contribution in [1.29, 1.82) is 0 Å². The summed E-state index contributed by atoms with van der Waals surface area (Å²) in [5.74, 6) is -0.0810. The van der Waals surface area contributed by atoms with Crippen LogP contribution in [-0.2, 0) is 6.61 Å². The van der Waals surface area contributed by atoms with Gasteiger partial charge >= 0.3 is 0 Å². The predicted molar refractivity (Wildman–Crippen MR) is 85.3 cm³/mol. The third kappa shape index (κ3) is 2.29. The molecule has 1 aromatic carbocycles. The number of aliphatic hydroxyl groups is 1. The third-order valence-corrected chi connectivity index (χ3v) is 3.96. The lowest BCUT2D eigenvalue weighted by Gasteiger charge is -2.17. The van der Waals surface area contributed by atoms with Gasteiger partial charge in [-0.05, 0) is 42.7 Å². The number of benzene rings is 1. The standard InChI is InChI=1S/C18H19FN2O/c1-11(2)18-15(10-22)17(13-5-7-14(19)8-6-13)16-9-4-12(3)21(16)20-18/h4-9,11,22H,10H2,1-3H3. The molecule has 3 nitrogen and oxygen atoms in total. The van der Waals surface area contributed by atoms with E-state index in [1.54, 1.807) is 12.1 Å². The molecule has 4 heteroatoms. The first-order valence-corrected chi connectivity index (χ1v) is 7.41. The monoisotopic (exact) mass is 298 g/mol. The fourth-order valence-electron chi connectivity index (χ4n) is 2.87. The van der Waals surface area contributed by atoms with Crippen molar-refractivity contribution in [2.45, 2.75) is 33.3 Å². The van der Waals surface area contributed by atoms with Crippen LogP contribution < -0.4 is 0 Å². The van der Waals surface area contributed by atoms with Gasteiger partial charge in [-0.25, -0.2) is 8.91 Å². The molecule has 0 unspecified atom stereocenters.